The van der Waals surface area contributed by atoms with Crippen LogP contribution in [0.25, 0.3) is 0 Å². The highest BCUT2D eigenvalue weighted by molar-refractivity contribution is 7.89. The summed E-state index contributed by atoms with van der Waals surface area (Å²) in [6.45, 7) is 11.7. The van der Waals surface area contributed by atoms with Crippen LogP contribution in [0.2, 0.25) is 0 Å². The summed E-state index contributed by atoms with van der Waals surface area (Å²) in [5, 5.41) is 0. The zero-order valence-corrected chi connectivity index (χ0v) is 21.3. The molecule has 0 saturated carbocycles. The number of carbonyl (C=O) groups excluding carboxylic acids is 1. The topological polar surface area (TPSA) is 75.7 Å². The number of rotatable bonds is 6. The van der Waals surface area contributed by atoms with Crippen LogP contribution in [0.1, 0.15) is 75.0 Å². The van der Waals surface area contributed by atoms with Crippen molar-refractivity contribution in [2.24, 2.45) is 5.92 Å². The molecule has 1 heterocycles. The highest BCUT2D eigenvalue weighted by atomic mass is 32.2. The first kappa shape index (κ1) is 25.2. The van der Waals surface area contributed by atoms with Gasteiger partial charge in [-0.3, -0.25) is 4.79 Å². The Labute approximate surface area is 198 Å². The number of ether oxygens (including phenoxy) is 1. The third kappa shape index (κ3) is 5.95. The maximum Gasteiger partial charge on any atom is 0.257 e. The first-order valence-corrected chi connectivity index (χ1v) is 13.0. The number of nitrogens with zero attached hydrogens (tertiary/aromatic N) is 1. The summed E-state index contributed by atoms with van der Waals surface area (Å²) in [6.07, 6.45) is 1.89. The molecule has 33 heavy (non-hydrogen) atoms. The van der Waals surface area contributed by atoms with Gasteiger partial charge in [0.05, 0.1) is 17.6 Å². The van der Waals surface area contributed by atoms with E-state index in [9.17, 15) is 13.2 Å². The lowest BCUT2D eigenvalue weighted by atomic mass is 9.86. The highest BCUT2D eigenvalue weighted by Gasteiger charge is 2.27. The molecule has 0 radical (unpaired) electrons. The molecule has 0 unspecified atom stereocenters. The van der Waals surface area contributed by atoms with Gasteiger partial charge in [0.1, 0.15) is 5.75 Å². The SMILES string of the molecule is COc1ccc(S(=O)(=O)N[C@H](C)c2ccc(C(C)(C)C)cc2)cc1C(=O)N1CCC(C)CC1. The Balaban J connectivity index is 1.82. The molecule has 3 rings (SSSR count). The van der Waals surface area contributed by atoms with Gasteiger partial charge in [-0.25, -0.2) is 13.1 Å². The predicted octanol–water partition coefficient (Wildman–Crippen LogP) is 4.90. The van der Waals surface area contributed by atoms with Crippen molar-refractivity contribution < 1.29 is 17.9 Å². The molecule has 2 aromatic rings. The number of hydrogen-bond donors (Lipinski definition) is 1. The van der Waals surface area contributed by atoms with Crippen molar-refractivity contribution in [2.75, 3.05) is 20.2 Å². The van der Waals surface area contributed by atoms with Crippen LogP contribution in [-0.2, 0) is 15.4 Å². The Morgan fingerprint density at radius 2 is 1.70 bits per heavy atom. The molecule has 1 aliphatic rings. The fraction of sp³-hybridized carbons (Fsp3) is 0.500. The van der Waals surface area contributed by atoms with Gasteiger partial charge in [0, 0.05) is 19.1 Å². The Morgan fingerprint density at radius 3 is 2.24 bits per heavy atom. The summed E-state index contributed by atoms with van der Waals surface area (Å²) in [4.78, 5) is 15.0. The molecule has 0 aliphatic carbocycles. The molecule has 0 spiro atoms. The number of nitrogens with one attached hydrogen (secondary N) is 1. The zero-order chi connectivity index (χ0) is 24.4. The van der Waals surface area contributed by atoms with E-state index in [0.717, 1.165) is 18.4 Å². The van der Waals surface area contributed by atoms with E-state index in [-0.39, 0.29) is 21.8 Å². The molecule has 1 saturated heterocycles. The van der Waals surface area contributed by atoms with Crippen molar-refractivity contribution in [3.05, 3.63) is 59.2 Å². The molecule has 2 aromatic carbocycles. The number of hydrogen-bond acceptors (Lipinski definition) is 4. The fourth-order valence-electron chi connectivity index (χ4n) is 4.04. The minimum atomic E-state index is -3.84. The number of methoxy groups -OCH3 is 1. The molecule has 7 heteroatoms. The van der Waals surface area contributed by atoms with E-state index < -0.39 is 16.1 Å². The van der Waals surface area contributed by atoms with Gasteiger partial charge in [-0.1, -0.05) is 52.0 Å². The first-order chi connectivity index (χ1) is 15.4. The Kier molecular flexibility index (Phi) is 7.54. The second-order valence-corrected chi connectivity index (χ2v) is 11.8. The van der Waals surface area contributed by atoms with E-state index >= 15 is 0 Å². The lowest BCUT2D eigenvalue weighted by Crippen LogP contribution is -2.38. The van der Waals surface area contributed by atoms with Gasteiger partial charge >= 0.3 is 0 Å². The lowest BCUT2D eigenvalue weighted by molar-refractivity contribution is 0.0693. The van der Waals surface area contributed by atoms with Crippen molar-refractivity contribution >= 4 is 15.9 Å². The van der Waals surface area contributed by atoms with Crippen LogP contribution in [-0.4, -0.2) is 39.4 Å². The van der Waals surface area contributed by atoms with Crippen molar-refractivity contribution in [2.45, 2.75) is 63.8 Å². The van der Waals surface area contributed by atoms with Crippen LogP contribution in [0.4, 0.5) is 0 Å². The van der Waals surface area contributed by atoms with Gasteiger partial charge in [-0.05, 0) is 60.4 Å². The van der Waals surface area contributed by atoms with E-state index in [4.69, 9.17) is 4.74 Å². The number of amides is 1. The number of piperidine rings is 1. The van der Waals surface area contributed by atoms with E-state index in [1.165, 1.54) is 24.8 Å². The van der Waals surface area contributed by atoms with Crippen molar-refractivity contribution in [3.63, 3.8) is 0 Å². The monoisotopic (exact) mass is 472 g/mol. The molecule has 1 amide bonds. The van der Waals surface area contributed by atoms with Crippen molar-refractivity contribution in [3.8, 4) is 5.75 Å². The van der Waals surface area contributed by atoms with Crippen LogP contribution in [0.3, 0.4) is 0 Å². The Morgan fingerprint density at radius 1 is 1.09 bits per heavy atom. The minimum Gasteiger partial charge on any atom is -0.496 e. The highest BCUT2D eigenvalue weighted by Crippen LogP contribution is 2.28. The number of likely N-dealkylation sites (tertiary alicyclic amines) is 1. The molecule has 0 bridgehead atoms. The summed E-state index contributed by atoms with van der Waals surface area (Å²) >= 11 is 0. The average molecular weight is 473 g/mol. The summed E-state index contributed by atoms with van der Waals surface area (Å²) in [7, 11) is -2.36. The lowest BCUT2D eigenvalue weighted by Gasteiger charge is -2.30. The average Bonchev–Trinajstić information content (AvgIpc) is 2.78. The van der Waals surface area contributed by atoms with Gasteiger partial charge in [-0.2, -0.15) is 0 Å². The predicted molar refractivity (Wildman–Crippen MR) is 131 cm³/mol. The fourth-order valence-corrected chi connectivity index (χ4v) is 5.30. The quantitative estimate of drug-likeness (QED) is 0.649. The molecular weight excluding hydrogens is 436 g/mol. The molecule has 1 atom stereocenters. The van der Waals surface area contributed by atoms with Crippen LogP contribution in [0.5, 0.6) is 5.75 Å². The summed E-state index contributed by atoms with van der Waals surface area (Å²) in [5.41, 5.74) is 2.36. The van der Waals surface area contributed by atoms with Crippen molar-refractivity contribution in [1.29, 1.82) is 0 Å². The molecule has 1 N–H and O–H groups in total. The minimum absolute atomic E-state index is 0.0275. The molecule has 1 fully saturated rings. The number of carbonyl (C=O) groups is 1. The first-order valence-electron chi connectivity index (χ1n) is 11.5. The normalized spacial score (nSPS) is 16.5. The number of sulfonamides is 1. The van der Waals surface area contributed by atoms with E-state index in [0.29, 0.717) is 24.8 Å². The standard InChI is InChI=1S/C26H36N2O4S/c1-18-13-15-28(16-14-18)25(29)23-17-22(11-12-24(23)32-6)33(30,31)27-19(2)20-7-9-21(10-8-20)26(3,4)5/h7-12,17-19,27H,13-16H2,1-6H3/t19-/m1/s1. The molecule has 1 aliphatic heterocycles. The second-order valence-electron chi connectivity index (χ2n) is 10.1. The molecule has 6 nitrogen and oxygen atoms in total. The van der Waals surface area contributed by atoms with Gasteiger partial charge in [-0.15, -0.1) is 0 Å². The smallest absolute Gasteiger partial charge is 0.257 e. The van der Waals surface area contributed by atoms with Gasteiger partial charge in [0.25, 0.3) is 5.91 Å². The summed E-state index contributed by atoms with van der Waals surface area (Å²) in [6, 6.07) is 12.0. The van der Waals surface area contributed by atoms with E-state index in [1.54, 1.807) is 11.0 Å². The Hall–Kier alpha value is -2.38. The number of benzene rings is 2. The maximum absolute atomic E-state index is 13.2. The largest absolute Gasteiger partial charge is 0.496 e. The van der Waals surface area contributed by atoms with Crippen LogP contribution in [0.15, 0.2) is 47.4 Å². The third-order valence-corrected chi connectivity index (χ3v) is 7.93. The molecule has 0 aromatic heterocycles. The summed E-state index contributed by atoms with van der Waals surface area (Å²) in [5.74, 6) is 0.774. The van der Waals surface area contributed by atoms with Gasteiger partial charge in [0.15, 0.2) is 0 Å². The summed E-state index contributed by atoms with van der Waals surface area (Å²) < 4.78 is 34.4. The maximum atomic E-state index is 13.2. The third-order valence-electron chi connectivity index (χ3n) is 6.39. The van der Waals surface area contributed by atoms with Crippen molar-refractivity contribution in [1.82, 2.24) is 9.62 Å². The van der Waals surface area contributed by atoms with Gasteiger partial charge < -0.3 is 9.64 Å². The molecular formula is C26H36N2O4S. The van der Waals surface area contributed by atoms with Gasteiger partial charge in [0.2, 0.25) is 10.0 Å². The van der Waals surface area contributed by atoms with Crippen LogP contribution >= 0.6 is 0 Å². The van der Waals surface area contributed by atoms with Crippen LogP contribution < -0.4 is 9.46 Å². The second kappa shape index (κ2) is 9.85. The van der Waals surface area contributed by atoms with E-state index in [2.05, 4.69) is 32.4 Å². The molecule has 180 valence electrons. The van der Waals surface area contributed by atoms with Crippen LogP contribution in [0, 0.1) is 5.92 Å². The Bertz CT molecular complexity index is 1080. The van der Waals surface area contributed by atoms with E-state index in [1.807, 2.05) is 31.2 Å². The zero-order valence-electron chi connectivity index (χ0n) is 20.5.